The molecule has 1 rings (SSSR count). The predicted octanol–water partition coefficient (Wildman–Crippen LogP) is 3.16. The van der Waals surface area contributed by atoms with Crippen molar-refractivity contribution in [1.82, 2.24) is 4.98 Å². The average molecular weight is 221 g/mol. The van der Waals surface area contributed by atoms with Gasteiger partial charge in [0.25, 0.3) is 0 Å². The van der Waals surface area contributed by atoms with Crippen LogP contribution in [0.2, 0.25) is 0 Å². The van der Waals surface area contributed by atoms with Gasteiger partial charge in [0.15, 0.2) is 0 Å². The Morgan fingerprint density at radius 1 is 1.31 bits per heavy atom. The molecule has 0 amide bonds. The minimum atomic E-state index is -0.502. The van der Waals surface area contributed by atoms with Gasteiger partial charge in [-0.15, -0.1) is 0 Å². The number of pyridine rings is 1. The highest BCUT2D eigenvalue weighted by Crippen LogP contribution is 2.19. The van der Waals surface area contributed by atoms with Crippen LogP contribution in [0.3, 0.4) is 0 Å². The van der Waals surface area contributed by atoms with E-state index in [0.717, 1.165) is 5.56 Å². The number of rotatable bonds is 2. The van der Waals surface area contributed by atoms with Gasteiger partial charge in [-0.25, -0.2) is 4.98 Å². The van der Waals surface area contributed by atoms with Crippen LogP contribution in [0.25, 0.3) is 0 Å². The van der Waals surface area contributed by atoms with Gasteiger partial charge in [-0.2, -0.15) is 0 Å². The summed E-state index contributed by atoms with van der Waals surface area (Å²) in [6.07, 6.45) is 1.75. The number of carbonyl (C=O) groups excluding carboxylic acids is 1. The molecule has 0 bridgehead atoms. The van der Waals surface area contributed by atoms with E-state index in [1.807, 2.05) is 26.8 Å². The Bertz CT molecular complexity index is 361. The van der Waals surface area contributed by atoms with Crippen LogP contribution < -0.4 is 4.74 Å². The lowest BCUT2D eigenvalue weighted by atomic mass is 9.97. The first-order valence-electron chi connectivity index (χ1n) is 5.49. The van der Waals surface area contributed by atoms with Crippen LogP contribution in [-0.4, -0.2) is 11.0 Å². The molecule has 0 atom stereocenters. The molecule has 3 heteroatoms. The Hall–Kier alpha value is -1.38. The molecule has 0 saturated carbocycles. The molecule has 0 aromatic carbocycles. The number of nitrogens with zero attached hydrogens (tertiary/aromatic N) is 1. The van der Waals surface area contributed by atoms with Crippen molar-refractivity contribution >= 4 is 5.97 Å². The van der Waals surface area contributed by atoms with Crippen molar-refractivity contribution in [2.75, 3.05) is 0 Å². The number of ether oxygens (including phenoxy) is 1. The van der Waals surface area contributed by atoms with Gasteiger partial charge in [-0.05, 0) is 32.3 Å². The summed E-state index contributed by atoms with van der Waals surface area (Å²) < 4.78 is 5.16. The van der Waals surface area contributed by atoms with Gasteiger partial charge >= 0.3 is 5.97 Å². The van der Waals surface area contributed by atoms with Crippen LogP contribution in [0.5, 0.6) is 5.88 Å². The summed E-state index contributed by atoms with van der Waals surface area (Å²) in [5, 5.41) is 0. The molecule has 0 aliphatic heterocycles. The fourth-order valence-electron chi connectivity index (χ4n) is 1.04. The molecule has 0 fully saturated rings. The largest absolute Gasteiger partial charge is 0.407 e. The first-order chi connectivity index (χ1) is 7.30. The lowest BCUT2D eigenvalue weighted by Crippen LogP contribution is -2.25. The summed E-state index contributed by atoms with van der Waals surface area (Å²) >= 11 is 0. The zero-order chi connectivity index (χ0) is 12.3. The molecule has 1 aromatic heterocycles. The summed E-state index contributed by atoms with van der Waals surface area (Å²) in [6, 6.07) is 3.67. The van der Waals surface area contributed by atoms with Crippen molar-refractivity contribution in [2.45, 2.75) is 40.5 Å². The Morgan fingerprint density at radius 2 is 1.94 bits per heavy atom. The van der Waals surface area contributed by atoms with Gasteiger partial charge in [-0.1, -0.05) is 19.9 Å². The molecule has 16 heavy (non-hydrogen) atoms. The molecule has 0 radical (unpaired) electrons. The van der Waals surface area contributed by atoms with E-state index in [1.54, 1.807) is 12.3 Å². The maximum absolute atomic E-state index is 11.6. The number of esters is 1. The quantitative estimate of drug-likeness (QED) is 0.720. The average Bonchev–Trinajstić information content (AvgIpc) is 2.17. The lowest BCUT2D eigenvalue weighted by molar-refractivity contribution is -0.143. The number of carbonyl (C=O) groups is 1. The first-order valence-corrected chi connectivity index (χ1v) is 5.49. The highest BCUT2D eigenvalue weighted by molar-refractivity contribution is 5.77. The SMILES string of the molecule is CC(C)c1ccc(OC(=O)C(C)(C)C)nc1. The van der Waals surface area contributed by atoms with Crippen LogP contribution in [0, 0.1) is 5.41 Å². The highest BCUT2D eigenvalue weighted by atomic mass is 16.5. The maximum Gasteiger partial charge on any atom is 0.317 e. The molecule has 3 nitrogen and oxygen atoms in total. The van der Waals surface area contributed by atoms with Gasteiger partial charge in [0.05, 0.1) is 5.41 Å². The summed E-state index contributed by atoms with van der Waals surface area (Å²) in [5.74, 6) is 0.529. The fraction of sp³-hybridized carbons (Fsp3) is 0.538. The third kappa shape index (κ3) is 3.33. The van der Waals surface area contributed by atoms with E-state index in [9.17, 15) is 4.79 Å². The number of hydrogen-bond donors (Lipinski definition) is 0. The van der Waals surface area contributed by atoms with Crippen LogP contribution in [0.15, 0.2) is 18.3 Å². The summed E-state index contributed by atoms with van der Waals surface area (Å²) in [6.45, 7) is 9.64. The number of aromatic nitrogens is 1. The second kappa shape index (κ2) is 4.64. The predicted molar refractivity (Wildman–Crippen MR) is 63.4 cm³/mol. The molecule has 88 valence electrons. The maximum atomic E-state index is 11.6. The molecule has 0 aliphatic rings. The van der Waals surface area contributed by atoms with Gasteiger partial charge in [0.1, 0.15) is 0 Å². The minimum Gasteiger partial charge on any atom is -0.407 e. The minimum absolute atomic E-state index is 0.266. The Kier molecular flexibility index (Phi) is 3.68. The van der Waals surface area contributed by atoms with Crippen molar-refractivity contribution in [1.29, 1.82) is 0 Å². The monoisotopic (exact) mass is 221 g/mol. The third-order valence-electron chi connectivity index (χ3n) is 2.24. The van der Waals surface area contributed by atoms with Crippen LogP contribution >= 0.6 is 0 Å². The molecule has 1 heterocycles. The third-order valence-corrected chi connectivity index (χ3v) is 2.24. The van der Waals surface area contributed by atoms with E-state index in [1.165, 1.54) is 0 Å². The van der Waals surface area contributed by atoms with Crippen molar-refractivity contribution in [3.05, 3.63) is 23.9 Å². The topological polar surface area (TPSA) is 39.2 Å². The summed E-state index contributed by atoms with van der Waals surface area (Å²) in [7, 11) is 0. The number of hydrogen-bond acceptors (Lipinski definition) is 3. The zero-order valence-electron chi connectivity index (χ0n) is 10.6. The van der Waals surface area contributed by atoms with Crippen molar-refractivity contribution < 1.29 is 9.53 Å². The first kappa shape index (κ1) is 12.7. The van der Waals surface area contributed by atoms with Crippen LogP contribution in [0.1, 0.15) is 46.1 Å². The lowest BCUT2D eigenvalue weighted by Gasteiger charge is -2.15. The second-order valence-electron chi connectivity index (χ2n) is 5.22. The molecule has 0 N–H and O–H groups in total. The molecular formula is C13H19NO2. The van der Waals surface area contributed by atoms with E-state index >= 15 is 0 Å². The van der Waals surface area contributed by atoms with Crippen LogP contribution in [0.4, 0.5) is 0 Å². The van der Waals surface area contributed by atoms with Crippen LogP contribution in [-0.2, 0) is 4.79 Å². The molecule has 1 aromatic rings. The van der Waals surface area contributed by atoms with E-state index in [4.69, 9.17) is 4.74 Å². The molecule has 0 saturated heterocycles. The summed E-state index contributed by atoms with van der Waals surface area (Å²) in [4.78, 5) is 15.7. The van der Waals surface area contributed by atoms with Crippen molar-refractivity contribution in [3.8, 4) is 5.88 Å². The molecule has 0 aliphatic carbocycles. The van der Waals surface area contributed by atoms with Gasteiger partial charge < -0.3 is 4.74 Å². The summed E-state index contributed by atoms with van der Waals surface area (Å²) in [5.41, 5.74) is 0.633. The normalized spacial score (nSPS) is 11.6. The van der Waals surface area contributed by atoms with E-state index in [-0.39, 0.29) is 5.97 Å². The van der Waals surface area contributed by atoms with Gasteiger partial charge in [-0.3, -0.25) is 4.79 Å². The standard InChI is InChI=1S/C13H19NO2/c1-9(2)10-6-7-11(14-8-10)16-12(15)13(3,4)5/h6-9H,1-5H3. The van der Waals surface area contributed by atoms with Gasteiger partial charge in [0.2, 0.25) is 5.88 Å². The van der Waals surface area contributed by atoms with E-state index < -0.39 is 5.41 Å². The van der Waals surface area contributed by atoms with E-state index in [0.29, 0.717) is 11.8 Å². The van der Waals surface area contributed by atoms with E-state index in [2.05, 4.69) is 18.8 Å². The second-order valence-corrected chi connectivity index (χ2v) is 5.22. The molecule has 0 spiro atoms. The van der Waals surface area contributed by atoms with Crippen molar-refractivity contribution in [3.63, 3.8) is 0 Å². The molecule has 0 unspecified atom stereocenters. The highest BCUT2D eigenvalue weighted by Gasteiger charge is 2.24. The van der Waals surface area contributed by atoms with Gasteiger partial charge in [0, 0.05) is 12.3 Å². The van der Waals surface area contributed by atoms with Crippen molar-refractivity contribution in [2.24, 2.45) is 5.41 Å². The molecular weight excluding hydrogens is 202 g/mol. The zero-order valence-corrected chi connectivity index (χ0v) is 10.6. The Labute approximate surface area is 96.8 Å². The smallest absolute Gasteiger partial charge is 0.317 e. The Morgan fingerprint density at radius 3 is 2.31 bits per heavy atom. The fourth-order valence-corrected chi connectivity index (χ4v) is 1.04. The Balaban J connectivity index is 2.73.